The van der Waals surface area contributed by atoms with E-state index in [2.05, 4.69) is 43.1 Å². The molecule has 2 atom stereocenters. The molecule has 0 aliphatic rings. The summed E-state index contributed by atoms with van der Waals surface area (Å²) in [6, 6.07) is 1.14. The average Bonchev–Trinajstić information content (AvgIpc) is 2.75. The molecule has 0 saturated heterocycles. The lowest BCUT2D eigenvalue weighted by molar-refractivity contribution is 0.333. The molecule has 1 N–H and O–H groups in total. The summed E-state index contributed by atoms with van der Waals surface area (Å²) in [5.41, 5.74) is 0. The minimum Gasteiger partial charge on any atom is -0.311 e. The van der Waals surface area contributed by atoms with Crippen LogP contribution in [0.1, 0.15) is 40.5 Å². The standard InChI is InChI=1S/C12H24N4/c1-5-12(10(2)3)15-11(4)6-7-16-9-13-8-14-16/h8-12,15H,5-7H2,1-4H3. The van der Waals surface area contributed by atoms with Crippen LogP contribution in [-0.4, -0.2) is 26.8 Å². The van der Waals surface area contributed by atoms with Crippen molar-refractivity contribution < 1.29 is 0 Å². The van der Waals surface area contributed by atoms with E-state index < -0.39 is 0 Å². The fraction of sp³-hybridized carbons (Fsp3) is 0.833. The van der Waals surface area contributed by atoms with Crippen LogP contribution in [0.25, 0.3) is 0 Å². The molecule has 1 heterocycles. The summed E-state index contributed by atoms with van der Waals surface area (Å²) in [7, 11) is 0. The molecule has 1 aromatic heterocycles. The first-order valence-corrected chi connectivity index (χ1v) is 6.22. The van der Waals surface area contributed by atoms with Crippen molar-refractivity contribution in [2.24, 2.45) is 5.92 Å². The first-order valence-electron chi connectivity index (χ1n) is 6.22. The van der Waals surface area contributed by atoms with E-state index in [1.165, 1.54) is 6.42 Å². The zero-order chi connectivity index (χ0) is 12.0. The van der Waals surface area contributed by atoms with Gasteiger partial charge in [0.1, 0.15) is 12.7 Å². The van der Waals surface area contributed by atoms with Crippen molar-refractivity contribution in [2.45, 2.75) is 59.2 Å². The molecule has 0 fully saturated rings. The number of aromatic nitrogens is 3. The van der Waals surface area contributed by atoms with Crippen LogP contribution in [-0.2, 0) is 6.54 Å². The molecule has 0 radical (unpaired) electrons. The molecule has 92 valence electrons. The van der Waals surface area contributed by atoms with Crippen molar-refractivity contribution in [3.63, 3.8) is 0 Å². The third-order valence-electron chi connectivity index (χ3n) is 3.00. The molecule has 0 aliphatic heterocycles. The van der Waals surface area contributed by atoms with Crippen LogP contribution in [0.5, 0.6) is 0 Å². The topological polar surface area (TPSA) is 42.7 Å². The predicted octanol–water partition coefficient (Wildman–Crippen LogP) is 2.08. The SMILES string of the molecule is CCC(NC(C)CCn1cncn1)C(C)C. The molecule has 16 heavy (non-hydrogen) atoms. The molecule has 0 aliphatic carbocycles. The number of nitrogens with one attached hydrogen (secondary N) is 1. The molecule has 2 unspecified atom stereocenters. The van der Waals surface area contributed by atoms with Gasteiger partial charge in [0.2, 0.25) is 0 Å². The maximum atomic E-state index is 4.10. The van der Waals surface area contributed by atoms with Crippen LogP contribution in [0.3, 0.4) is 0 Å². The second kappa shape index (κ2) is 6.63. The fourth-order valence-electron chi connectivity index (χ4n) is 1.90. The van der Waals surface area contributed by atoms with E-state index in [1.54, 1.807) is 12.7 Å². The lowest BCUT2D eigenvalue weighted by atomic mass is 10.0. The van der Waals surface area contributed by atoms with Crippen molar-refractivity contribution >= 4 is 0 Å². The lowest BCUT2D eigenvalue weighted by Gasteiger charge is -2.25. The summed E-state index contributed by atoms with van der Waals surface area (Å²) in [5, 5.41) is 7.77. The minimum atomic E-state index is 0.525. The molecular weight excluding hydrogens is 200 g/mol. The Balaban J connectivity index is 2.27. The Morgan fingerprint density at radius 1 is 1.31 bits per heavy atom. The number of hydrogen-bond donors (Lipinski definition) is 1. The van der Waals surface area contributed by atoms with Gasteiger partial charge in [0, 0.05) is 18.6 Å². The highest BCUT2D eigenvalue weighted by Gasteiger charge is 2.13. The molecular formula is C12H24N4. The average molecular weight is 224 g/mol. The van der Waals surface area contributed by atoms with Crippen molar-refractivity contribution in [1.29, 1.82) is 0 Å². The van der Waals surface area contributed by atoms with E-state index in [4.69, 9.17) is 0 Å². The van der Waals surface area contributed by atoms with Crippen molar-refractivity contribution in [3.05, 3.63) is 12.7 Å². The number of nitrogens with zero attached hydrogens (tertiary/aromatic N) is 3. The largest absolute Gasteiger partial charge is 0.311 e. The third-order valence-corrected chi connectivity index (χ3v) is 3.00. The van der Waals surface area contributed by atoms with Crippen LogP contribution in [0.15, 0.2) is 12.7 Å². The fourth-order valence-corrected chi connectivity index (χ4v) is 1.90. The van der Waals surface area contributed by atoms with E-state index in [1.807, 2.05) is 4.68 Å². The van der Waals surface area contributed by atoms with Gasteiger partial charge in [0.05, 0.1) is 0 Å². The highest BCUT2D eigenvalue weighted by molar-refractivity contribution is 4.73. The van der Waals surface area contributed by atoms with Crippen LogP contribution in [0, 0.1) is 5.92 Å². The number of aryl methyl sites for hydroxylation is 1. The zero-order valence-electron chi connectivity index (χ0n) is 10.8. The Hall–Kier alpha value is -0.900. The summed E-state index contributed by atoms with van der Waals surface area (Å²) >= 11 is 0. The quantitative estimate of drug-likeness (QED) is 0.771. The molecule has 4 heteroatoms. The van der Waals surface area contributed by atoms with Gasteiger partial charge in [-0.2, -0.15) is 5.10 Å². The number of hydrogen-bond acceptors (Lipinski definition) is 3. The predicted molar refractivity (Wildman–Crippen MR) is 66.2 cm³/mol. The molecule has 0 saturated carbocycles. The minimum absolute atomic E-state index is 0.525. The van der Waals surface area contributed by atoms with Crippen LogP contribution in [0.2, 0.25) is 0 Å². The summed E-state index contributed by atoms with van der Waals surface area (Å²) in [4.78, 5) is 3.94. The van der Waals surface area contributed by atoms with Gasteiger partial charge in [0.15, 0.2) is 0 Å². The van der Waals surface area contributed by atoms with Crippen LogP contribution in [0.4, 0.5) is 0 Å². The van der Waals surface area contributed by atoms with E-state index in [9.17, 15) is 0 Å². The Morgan fingerprint density at radius 2 is 2.06 bits per heavy atom. The van der Waals surface area contributed by atoms with Gasteiger partial charge in [-0.3, -0.25) is 4.68 Å². The van der Waals surface area contributed by atoms with E-state index >= 15 is 0 Å². The van der Waals surface area contributed by atoms with Crippen LogP contribution < -0.4 is 5.32 Å². The van der Waals surface area contributed by atoms with Gasteiger partial charge in [-0.25, -0.2) is 4.98 Å². The zero-order valence-corrected chi connectivity index (χ0v) is 10.8. The van der Waals surface area contributed by atoms with E-state index in [-0.39, 0.29) is 0 Å². The summed E-state index contributed by atoms with van der Waals surface area (Å²) in [5.74, 6) is 0.693. The normalized spacial score (nSPS) is 15.3. The van der Waals surface area contributed by atoms with Gasteiger partial charge in [-0.05, 0) is 25.7 Å². The van der Waals surface area contributed by atoms with Crippen molar-refractivity contribution in [3.8, 4) is 0 Å². The van der Waals surface area contributed by atoms with Crippen molar-refractivity contribution in [2.75, 3.05) is 0 Å². The van der Waals surface area contributed by atoms with E-state index in [0.717, 1.165) is 13.0 Å². The van der Waals surface area contributed by atoms with Gasteiger partial charge in [0.25, 0.3) is 0 Å². The lowest BCUT2D eigenvalue weighted by Crippen LogP contribution is -2.40. The Morgan fingerprint density at radius 3 is 2.56 bits per heavy atom. The smallest absolute Gasteiger partial charge is 0.137 e. The van der Waals surface area contributed by atoms with E-state index in [0.29, 0.717) is 18.0 Å². The summed E-state index contributed by atoms with van der Waals surface area (Å²) in [6.07, 6.45) is 5.63. The third kappa shape index (κ3) is 4.31. The van der Waals surface area contributed by atoms with Gasteiger partial charge in [-0.15, -0.1) is 0 Å². The second-order valence-corrected chi connectivity index (χ2v) is 4.77. The Kier molecular flexibility index (Phi) is 5.46. The first-order chi connectivity index (χ1) is 7.63. The summed E-state index contributed by atoms with van der Waals surface area (Å²) in [6.45, 7) is 9.95. The Labute approximate surface area is 98.5 Å². The monoisotopic (exact) mass is 224 g/mol. The number of rotatable bonds is 7. The molecule has 0 bridgehead atoms. The highest BCUT2D eigenvalue weighted by atomic mass is 15.3. The molecule has 4 nitrogen and oxygen atoms in total. The first kappa shape index (κ1) is 13.2. The second-order valence-electron chi connectivity index (χ2n) is 4.77. The Bertz CT molecular complexity index is 269. The molecule has 0 amide bonds. The molecule has 1 aromatic rings. The molecule has 0 aromatic carbocycles. The maximum absolute atomic E-state index is 4.10. The van der Waals surface area contributed by atoms with Crippen LogP contribution >= 0.6 is 0 Å². The van der Waals surface area contributed by atoms with Crippen molar-refractivity contribution in [1.82, 2.24) is 20.1 Å². The van der Waals surface area contributed by atoms with Gasteiger partial charge >= 0.3 is 0 Å². The van der Waals surface area contributed by atoms with Gasteiger partial charge in [-0.1, -0.05) is 20.8 Å². The molecule has 1 rings (SSSR count). The maximum Gasteiger partial charge on any atom is 0.137 e. The van der Waals surface area contributed by atoms with Gasteiger partial charge < -0.3 is 5.32 Å². The summed E-state index contributed by atoms with van der Waals surface area (Å²) < 4.78 is 1.88. The highest BCUT2D eigenvalue weighted by Crippen LogP contribution is 2.07. The molecule has 0 spiro atoms.